The third kappa shape index (κ3) is 5.44. The average molecular weight is 459 g/mol. The largest absolute Gasteiger partial charge is 0.480 e. The van der Waals surface area contributed by atoms with E-state index in [0.29, 0.717) is 23.2 Å². The molecule has 10 heteroatoms. The Morgan fingerprint density at radius 1 is 1.16 bits per heavy atom. The number of ether oxygens (including phenoxy) is 1. The lowest BCUT2D eigenvalue weighted by Crippen LogP contribution is -2.23. The van der Waals surface area contributed by atoms with Crippen LogP contribution in [-0.4, -0.2) is 37.0 Å². The summed E-state index contributed by atoms with van der Waals surface area (Å²) in [7, 11) is 0. The number of para-hydroxylation sites is 1. The van der Waals surface area contributed by atoms with Gasteiger partial charge in [0.1, 0.15) is 0 Å². The SMILES string of the molecule is CCn1c(SC(C)C(=O)Nc2ccc(C(=O)O)cc2)nnc1C(C)Oc1ccccc1F. The van der Waals surface area contributed by atoms with Crippen molar-refractivity contribution in [2.75, 3.05) is 5.32 Å². The van der Waals surface area contributed by atoms with Gasteiger partial charge in [0, 0.05) is 12.2 Å². The molecule has 2 N–H and O–H groups in total. The summed E-state index contributed by atoms with van der Waals surface area (Å²) in [6.45, 7) is 5.95. The van der Waals surface area contributed by atoms with Gasteiger partial charge in [-0.05, 0) is 57.2 Å². The van der Waals surface area contributed by atoms with Crippen molar-refractivity contribution in [1.82, 2.24) is 14.8 Å². The third-order valence-corrected chi connectivity index (χ3v) is 5.70. The van der Waals surface area contributed by atoms with E-state index in [4.69, 9.17) is 9.84 Å². The molecule has 0 spiro atoms. The highest BCUT2D eigenvalue weighted by Crippen LogP contribution is 2.28. The van der Waals surface area contributed by atoms with Crippen molar-refractivity contribution in [3.05, 3.63) is 65.7 Å². The molecule has 0 aliphatic heterocycles. The first-order valence-corrected chi connectivity index (χ1v) is 10.8. The second-order valence-corrected chi connectivity index (χ2v) is 8.22. The average Bonchev–Trinajstić information content (AvgIpc) is 3.18. The number of nitrogens with one attached hydrogen (secondary N) is 1. The van der Waals surface area contributed by atoms with Crippen molar-refractivity contribution in [2.45, 2.75) is 43.8 Å². The highest BCUT2D eigenvalue weighted by Gasteiger charge is 2.23. The fourth-order valence-corrected chi connectivity index (χ4v) is 3.84. The van der Waals surface area contributed by atoms with Crippen molar-refractivity contribution >= 4 is 29.3 Å². The maximum absolute atomic E-state index is 13.9. The molecule has 1 heterocycles. The Kier molecular flexibility index (Phi) is 7.47. The number of hydrogen-bond acceptors (Lipinski definition) is 6. The number of thioether (sulfide) groups is 1. The van der Waals surface area contributed by atoms with Crippen LogP contribution in [0.25, 0.3) is 0 Å². The van der Waals surface area contributed by atoms with Gasteiger partial charge in [-0.25, -0.2) is 9.18 Å². The van der Waals surface area contributed by atoms with Gasteiger partial charge in [0.25, 0.3) is 0 Å². The fourth-order valence-electron chi connectivity index (χ4n) is 2.92. The summed E-state index contributed by atoms with van der Waals surface area (Å²) in [5.74, 6) is -1.11. The Labute approximate surface area is 188 Å². The van der Waals surface area contributed by atoms with E-state index in [1.54, 1.807) is 32.0 Å². The van der Waals surface area contributed by atoms with E-state index in [1.165, 1.54) is 42.1 Å². The number of anilines is 1. The van der Waals surface area contributed by atoms with Gasteiger partial charge in [-0.1, -0.05) is 23.9 Å². The monoisotopic (exact) mass is 458 g/mol. The molecule has 2 atom stereocenters. The number of rotatable bonds is 9. The second-order valence-electron chi connectivity index (χ2n) is 6.91. The number of halogens is 1. The van der Waals surface area contributed by atoms with E-state index in [0.717, 1.165) is 0 Å². The topological polar surface area (TPSA) is 106 Å². The number of amides is 1. The van der Waals surface area contributed by atoms with E-state index in [2.05, 4.69) is 15.5 Å². The van der Waals surface area contributed by atoms with Crippen molar-refractivity contribution in [3.8, 4) is 5.75 Å². The van der Waals surface area contributed by atoms with E-state index >= 15 is 0 Å². The Morgan fingerprint density at radius 2 is 1.84 bits per heavy atom. The molecule has 1 aromatic heterocycles. The van der Waals surface area contributed by atoms with Crippen LogP contribution in [0.15, 0.2) is 53.7 Å². The Hall–Kier alpha value is -3.40. The Morgan fingerprint density at radius 3 is 2.47 bits per heavy atom. The lowest BCUT2D eigenvalue weighted by molar-refractivity contribution is -0.115. The van der Waals surface area contributed by atoms with Gasteiger partial charge in [-0.3, -0.25) is 4.79 Å². The number of aromatic nitrogens is 3. The summed E-state index contributed by atoms with van der Waals surface area (Å²) in [6.07, 6.45) is -0.550. The molecule has 8 nitrogen and oxygen atoms in total. The first-order chi connectivity index (χ1) is 15.3. The van der Waals surface area contributed by atoms with Gasteiger partial charge in [-0.15, -0.1) is 10.2 Å². The molecule has 3 aromatic rings. The molecule has 2 unspecified atom stereocenters. The van der Waals surface area contributed by atoms with Crippen molar-refractivity contribution in [2.24, 2.45) is 0 Å². The van der Waals surface area contributed by atoms with Crippen LogP contribution in [0.3, 0.4) is 0 Å². The van der Waals surface area contributed by atoms with Gasteiger partial charge >= 0.3 is 5.97 Å². The number of carboxylic acid groups (broad SMARTS) is 1. The quantitative estimate of drug-likeness (QED) is 0.458. The first kappa shape index (κ1) is 23.3. The number of nitrogens with zero attached hydrogens (tertiary/aromatic N) is 3. The van der Waals surface area contributed by atoms with Crippen LogP contribution in [-0.2, 0) is 11.3 Å². The minimum Gasteiger partial charge on any atom is -0.480 e. The molecule has 1 amide bonds. The van der Waals surface area contributed by atoms with Crippen LogP contribution < -0.4 is 10.1 Å². The van der Waals surface area contributed by atoms with Gasteiger partial charge in [0.2, 0.25) is 5.91 Å². The van der Waals surface area contributed by atoms with E-state index < -0.39 is 23.1 Å². The molecule has 0 bridgehead atoms. The molecule has 0 aliphatic rings. The predicted octanol–water partition coefficient (Wildman–Crippen LogP) is 4.39. The van der Waals surface area contributed by atoms with Crippen LogP contribution in [0.1, 0.15) is 43.1 Å². The van der Waals surface area contributed by atoms with Gasteiger partial charge in [-0.2, -0.15) is 0 Å². The molecule has 32 heavy (non-hydrogen) atoms. The Balaban J connectivity index is 1.67. The molecule has 0 fully saturated rings. The minimum absolute atomic E-state index is 0.126. The predicted molar refractivity (Wildman–Crippen MR) is 118 cm³/mol. The van der Waals surface area contributed by atoms with Gasteiger partial charge < -0.3 is 19.7 Å². The minimum atomic E-state index is -1.03. The van der Waals surface area contributed by atoms with Crippen LogP contribution in [0, 0.1) is 5.82 Å². The molecular weight excluding hydrogens is 435 g/mol. The van der Waals surface area contributed by atoms with Crippen molar-refractivity contribution in [1.29, 1.82) is 0 Å². The summed E-state index contributed by atoms with van der Waals surface area (Å²) >= 11 is 1.23. The molecule has 0 aliphatic carbocycles. The number of carbonyl (C=O) groups excluding carboxylic acids is 1. The first-order valence-electron chi connectivity index (χ1n) is 9.95. The number of hydrogen-bond donors (Lipinski definition) is 2. The Bertz CT molecular complexity index is 1100. The lowest BCUT2D eigenvalue weighted by atomic mass is 10.2. The zero-order valence-corrected chi connectivity index (χ0v) is 18.6. The second kappa shape index (κ2) is 10.3. The molecule has 168 valence electrons. The summed E-state index contributed by atoms with van der Waals surface area (Å²) in [4.78, 5) is 23.5. The number of benzene rings is 2. The van der Waals surface area contributed by atoms with Crippen LogP contribution in [0.2, 0.25) is 0 Å². The van der Waals surface area contributed by atoms with E-state index in [1.807, 2.05) is 11.5 Å². The molecular formula is C22H23FN4O4S. The zero-order valence-electron chi connectivity index (χ0n) is 17.8. The highest BCUT2D eigenvalue weighted by atomic mass is 32.2. The zero-order chi connectivity index (χ0) is 23.3. The number of aromatic carboxylic acids is 1. The fraction of sp³-hybridized carbons (Fsp3) is 0.273. The van der Waals surface area contributed by atoms with E-state index in [9.17, 15) is 14.0 Å². The summed E-state index contributed by atoms with van der Waals surface area (Å²) in [6, 6.07) is 12.1. The maximum Gasteiger partial charge on any atom is 0.335 e. The van der Waals surface area contributed by atoms with Crippen molar-refractivity contribution < 1.29 is 23.8 Å². The summed E-state index contributed by atoms with van der Waals surface area (Å²) in [5.41, 5.74) is 0.637. The summed E-state index contributed by atoms with van der Waals surface area (Å²) in [5, 5.41) is 20.1. The summed E-state index contributed by atoms with van der Waals surface area (Å²) < 4.78 is 21.4. The molecule has 3 rings (SSSR count). The van der Waals surface area contributed by atoms with Crippen LogP contribution >= 0.6 is 11.8 Å². The van der Waals surface area contributed by atoms with Crippen LogP contribution in [0.5, 0.6) is 5.75 Å². The standard InChI is InChI=1S/C22H23FN4O4S/c1-4-27-19(13(2)31-18-8-6-5-7-17(18)23)25-26-22(27)32-14(3)20(28)24-16-11-9-15(10-12-16)21(29)30/h5-14H,4H2,1-3H3,(H,24,28)(H,29,30). The molecule has 0 saturated heterocycles. The van der Waals surface area contributed by atoms with E-state index in [-0.39, 0.29) is 17.2 Å². The van der Waals surface area contributed by atoms with Crippen LogP contribution in [0.4, 0.5) is 10.1 Å². The lowest BCUT2D eigenvalue weighted by Gasteiger charge is -2.17. The number of carbonyl (C=O) groups is 2. The number of carboxylic acids is 1. The molecule has 0 saturated carbocycles. The maximum atomic E-state index is 13.9. The normalized spacial score (nSPS) is 12.8. The van der Waals surface area contributed by atoms with Gasteiger partial charge in [0.15, 0.2) is 28.7 Å². The smallest absolute Gasteiger partial charge is 0.335 e. The van der Waals surface area contributed by atoms with Crippen molar-refractivity contribution in [3.63, 3.8) is 0 Å². The molecule has 0 radical (unpaired) electrons. The molecule has 2 aromatic carbocycles. The highest BCUT2D eigenvalue weighted by molar-refractivity contribution is 8.00. The van der Waals surface area contributed by atoms with Gasteiger partial charge in [0.05, 0.1) is 10.8 Å². The third-order valence-electron chi connectivity index (χ3n) is 4.62.